The van der Waals surface area contributed by atoms with Gasteiger partial charge in [0.05, 0.1) is 5.92 Å². The Balaban J connectivity index is 2.20. The lowest BCUT2D eigenvalue weighted by atomic mass is 9.87. The van der Waals surface area contributed by atoms with E-state index in [0.717, 1.165) is 12.8 Å². The molecule has 0 aliphatic rings. The fourth-order valence-corrected chi connectivity index (χ4v) is 2.95. The quantitative estimate of drug-likeness (QED) is 0.292. The lowest BCUT2D eigenvalue weighted by Crippen LogP contribution is -2.24. The third-order valence-corrected chi connectivity index (χ3v) is 4.54. The standard InChI is InChI=1S/C25H28O2/c1-19(2)11-10-12-20(3)17-18-23(24(26)21-13-6-4-7-14-21)25(27)22-15-8-5-9-16-22/h4-9,11,13-17,23H,10,12,18H2,1-3H3/b20-17+. The van der Waals surface area contributed by atoms with Gasteiger partial charge in [-0.25, -0.2) is 0 Å². The van der Waals surface area contributed by atoms with E-state index in [1.165, 1.54) is 11.1 Å². The van der Waals surface area contributed by atoms with Crippen LogP contribution in [0.1, 0.15) is 60.7 Å². The maximum atomic E-state index is 13.0. The second kappa shape index (κ2) is 10.4. The molecule has 2 rings (SSSR count). The van der Waals surface area contributed by atoms with Gasteiger partial charge in [-0.05, 0) is 40.0 Å². The van der Waals surface area contributed by atoms with Crippen molar-refractivity contribution in [1.82, 2.24) is 0 Å². The molecule has 2 nitrogen and oxygen atoms in total. The van der Waals surface area contributed by atoms with Gasteiger partial charge in [-0.3, -0.25) is 9.59 Å². The summed E-state index contributed by atoms with van der Waals surface area (Å²) in [5.41, 5.74) is 3.68. The molecule has 0 heterocycles. The highest BCUT2D eigenvalue weighted by Gasteiger charge is 2.27. The molecule has 2 aromatic carbocycles. The Morgan fingerprint density at radius 2 is 1.26 bits per heavy atom. The van der Waals surface area contributed by atoms with Gasteiger partial charge in [-0.1, -0.05) is 84.0 Å². The van der Waals surface area contributed by atoms with Gasteiger partial charge in [0, 0.05) is 11.1 Å². The van der Waals surface area contributed by atoms with E-state index in [0.29, 0.717) is 17.5 Å². The summed E-state index contributed by atoms with van der Waals surface area (Å²) in [7, 11) is 0. The highest BCUT2D eigenvalue weighted by atomic mass is 16.1. The molecule has 0 aliphatic heterocycles. The highest BCUT2D eigenvalue weighted by Crippen LogP contribution is 2.21. The molecule has 0 aromatic heterocycles. The van der Waals surface area contributed by atoms with Crippen LogP contribution in [0.25, 0.3) is 0 Å². The minimum atomic E-state index is -0.687. The van der Waals surface area contributed by atoms with Gasteiger partial charge in [-0.15, -0.1) is 0 Å². The molecular weight excluding hydrogens is 332 g/mol. The number of hydrogen-bond donors (Lipinski definition) is 0. The zero-order valence-corrected chi connectivity index (χ0v) is 16.4. The first kappa shape index (κ1) is 20.6. The van der Waals surface area contributed by atoms with Crippen LogP contribution in [-0.2, 0) is 0 Å². The normalized spacial score (nSPS) is 11.3. The van der Waals surface area contributed by atoms with E-state index < -0.39 is 5.92 Å². The number of ketones is 2. The largest absolute Gasteiger partial charge is 0.293 e. The van der Waals surface area contributed by atoms with E-state index in [-0.39, 0.29) is 11.6 Å². The fourth-order valence-electron chi connectivity index (χ4n) is 2.95. The Morgan fingerprint density at radius 3 is 1.70 bits per heavy atom. The van der Waals surface area contributed by atoms with Crippen molar-refractivity contribution in [2.75, 3.05) is 0 Å². The molecule has 27 heavy (non-hydrogen) atoms. The summed E-state index contributed by atoms with van der Waals surface area (Å²) in [6.45, 7) is 6.24. The summed E-state index contributed by atoms with van der Waals surface area (Å²) in [5.74, 6) is -0.913. The molecule has 0 amide bonds. The smallest absolute Gasteiger partial charge is 0.174 e. The molecule has 0 radical (unpaired) electrons. The van der Waals surface area contributed by atoms with Crippen LogP contribution < -0.4 is 0 Å². The zero-order chi connectivity index (χ0) is 19.6. The Bertz CT molecular complexity index is 758. The van der Waals surface area contributed by atoms with Crippen LogP contribution in [0, 0.1) is 5.92 Å². The Hall–Kier alpha value is -2.74. The average Bonchev–Trinajstić information content (AvgIpc) is 2.69. The molecule has 0 saturated carbocycles. The lowest BCUT2D eigenvalue weighted by Gasteiger charge is -2.14. The molecule has 2 aromatic rings. The fraction of sp³-hybridized carbons (Fsp3) is 0.280. The van der Waals surface area contributed by atoms with E-state index >= 15 is 0 Å². The maximum absolute atomic E-state index is 13.0. The summed E-state index contributed by atoms with van der Waals surface area (Å²) >= 11 is 0. The van der Waals surface area contributed by atoms with Crippen molar-refractivity contribution in [1.29, 1.82) is 0 Å². The molecule has 0 N–H and O–H groups in total. The second-order valence-corrected chi connectivity index (χ2v) is 7.12. The number of benzene rings is 2. The van der Waals surface area contributed by atoms with E-state index in [4.69, 9.17) is 0 Å². The summed E-state index contributed by atoms with van der Waals surface area (Å²) in [6.07, 6.45) is 6.61. The molecule has 0 spiro atoms. The molecule has 0 aliphatic carbocycles. The molecule has 0 atom stereocenters. The van der Waals surface area contributed by atoms with Gasteiger partial charge in [0.15, 0.2) is 11.6 Å². The van der Waals surface area contributed by atoms with Crippen molar-refractivity contribution >= 4 is 11.6 Å². The van der Waals surface area contributed by atoms with Crippen molar-refractivity contribution in [3.8, 4) is 0 Å². The molecule has 140 valence electrons. The van der Waals surface area contributed by atoms with Crippen LogP contribution in [0.2, 0.25) is 0 Å². The van der Waals surface area contributed by atoms with E-state index in [1.54, 1.807) is 24.3 Å². The number of Topliss-reactive ketones (excluding diaryl/α,β-unsaturated/α-hetero) is 2. The van der Waals surface area contributed by atoms with Crippen LogP contribution in [-0.4, -0.2) is 11.6 Å². The van der Waals surface area contributed by atoms with Crippen LogP contribution in [0.4, 0.5) is 0 Å². The predicted octanol–water partition coefficient (Wildman–Crippen LogP) is 6.45. The SMILES string of the molecule is CC(C)=CCC/C(C)=C/CC(C(=O)c1ccccc1)C(=O)c1ccccc1. The minimum Gasteiger partial charge on any atom is -0.293 e. The van der Waals surface area contributed by atoms with Crippen molar-refractivity contribution < 1.29 is 9.59 Å². The first-order valence-electron chi connectivity index (χ1n) is 9.46. The van der Waals surface area contributed by atoms with Gasteiger partial charge in [-0.2, -0.15) is 0 Å². The molecule has 0 fully saturated rings. The van der Waals surface area contributed by atoms with Crippen LogP contribution in [0.3, 0.4) is 0 Å². The summed E-state index contributed by atoms with van der Waals surface area (Å²) in [6, 6.07) is 18.2. The third kappa shape index (κ3) is 6.49. The topological polar surface area (TPSA) is 34.1 Å². The van der Waals surface area contributed by atoms with E-state index in [2.05, 4.69) is 26.8 Å². The number of rotatable bonds is 9. The zero-order valence-electron chi connectivity index (χ0n) is 16.4. The van der Waals surface area contributed by atoms with Gasteiger partial charge < -0.3 is 0 Å². The molecular formula is C25H28O2. The Morgan fingerprint density at radius 1 is 0.778 bits per heavy atom. The predicted molar refractivity (Wildman–Crippen MR) is 112 cm³/mol. The van der Waals surface area contributed by atoms with Gasteiger partial charge in [0.25, 0.3) is 0 Å². The van der Waals surface area contributed by atoms with Gasteiger partial charge in [0.1, 0.15) is 0 Å². The molecule has 0 bridgehead atoms. The maximum Gasteiger partial charge on any atom is 0.174 e. The van der Waals surface area contributed by atoms with Crippen LogP contribution in [0.15, 0.2) is 84.0 Å². The number of allylic oxidation sites excluding steroid dienone is 4. The summed E-state index contributed by atoms with van der Waals surface area (Å²) in [5, 5.41) is 0. The molecule has 2 heteroatoms. The third-order valence-electron chi connectivity index (χ3n) is 4.54. The highest BCUT2D eigenvalue weighted by molar-refractivity contribution is 6.16. The van der Waals surface area contributed by atoms with Crippen LogP contribution in [0.5, 0.6) is 0 Å². The summed E-state index contributed by atoms with van der Waals surface area (Å²) in [4.78, 5) is 26.0. The minimum absolute atomic E-state index is 0.113. The van der Waals surface area contributed by atoms with E-state index in [1.807, 2.05) is 42.5 Å². The molecule has 0 saturated heterocycles. The molecule has 0 unspecified atom stereocenters. The Kier molecular flexibility index (Phi) is 7.94. The number of carbonyl (C=O) groups excluding carboxylic acids is 2. The first-order chi connectivity index (χ1) is 13.0. The van der Waals surface area contributed by atoms with Crippen molar-refractivity contribution in [3.05, 3.63) is 95.1 Å². The van der Waals surface area contributed by atoms with Gasteiger partial charge in [0.2, 0.25) is 0 Å². The van der Waals surface area contributed by atoms with Crippen molar-refractivity contribution in [2.24, 2.45) is 5.92 Å². The van der Waals surface area contributed by atoms with Crippen molar-refractivity contribution in [3.63, 3.8) is 0 Å². The lowest BCUT2D eigenvalue weighted by molar-refractivity contribution is 0.0809. The summed E-state index contributed by atoms with van der Waals surface area (Å²) < 4.78 is 0. The first-order valence-corrected chi connectivity index (χ1v) is 9.46. The number of carbonyl (C=O) groups is 2. The van der Waals surface area contributed by atoms with Crippen molar-refractivity contribution in [2.45, 2.75) is 40.0 Å². The second-order valence-electron chi connectivity index (χ2n) is 7.12. The number of hydrogen-bond acceptors (Lipinski definition) is 2. The monoisotopic (exact) mass is 360 g/mol. The van der Waals surface area contributed by atoms with Gasteiger partial charge >= 0.3 is 0 Å². The van der Waals surface area contributed by atoms with E-state index in [9.17, 15) is 9.59 Å². The Labute approximate surface area is 162 Å². The van der Waals surface area contributed by atoms with Crippen LogP contribution >= 0.6 is 0 Å². The average molecular weight is 360 g/mol.